The van der Waals surface area contributed by atoms with Gasteiger partial charge in [-0.15, -0.1) is 0 Å². The summed E-state index contributed by atoms with van der Waals surface area (Å²) in [6.45, 7) is 14.1. The molecule has 0 saturated carbocycles. The zero-order valence-corrected chi connectivity index (χ0v) is 20.5. The van der Waals surface area contributed by atoms with Crippen molar-refractivity contribution in [1.29, 1.82) is 0 Å². The molecule has 0 bridgehead atoms. The summed E-state index contributed by atoms with van der Waals surface area (Å²) in [5.74, 6) is 1.46. The molecule has 2 aromatic carbocycles. The monoisotopic (exact) mass is 438 g/mol. The van der Waals surface area contributed by atoms with E-state index < -0.39 is 5.60 Å². The molecule has 1 aliphatic heterocycles. The van der Waals surface area contributed by atoms with Crippen molar-refractivity contribution in [2.24, 2.45) is 5.92 Å². The molecule has 5 nitrogen and oxygen atoms in total. The highest BCUT2D eigenvalue weighted by Gasteiger charge is 2.26. The van der Waals surface area contributed by atoms with Crippen molar-refractivity contribution in [3.05, 3.63) is 53.6 Å². The van der Waals surface area contributed by atoms with Gasteiger partial charge in [0.15, 0.2) is 0 Å². The molecular formula is C27H38N2O3. The molecule has 0 aliphatic carbocycles. The number of methoxy groups -OCH3 is 1. The van der Waals surface area contributed by atoms with Crippen molar-refractivity contribution in [3.8, 4) is 16.9 Å². The average molecular weight is 439 g/mol. The number of carbonyl (C=O) groups is 1. The molecule has 1 saturated heterocycles. The smallest absolute Gasteiger partial charge is 0.410 e. The molecule has 1 amide bonds. The molecule has 2 aromatic rings. The maximum absolute atomic E-state index is 12.4. The fraction of sp³-hybridized carbons (Fsp3) is 0.519. The van der Waals surface area contributed by atoms with Gasteiger partial charge >= 0.3 is 6.09 Å². The summed E-state index contributed by atoms with van der Waals surface area (Å²) in [6.07, 6.45) is 0.825. The second kappa shape index (κ2) is 10.4. The van der Waals surface area contributed by atoms with E-state index in [1.54, 1.807) is 7.11 Å². The maximum Gasteiger partial charge on any atom is 0.410 e. The minimum absolute atomic E-state index is 0.218. The lowest BCUT2D eigenvalue weighted by Crippen LogP contribution is -2.49. The molecule has 1 aliphatic rings. The van der Waals surface area contributed by atoms with Gasteiger partial charge in [0, 0.05) is 32.7 Å². The summed E-state index contributed by atoms with van der Waals surface area (Å²) in [4.78, 5) is 16.6. The maximum atomic E-state index is 12.4. The highest BCUT2D eigenvalue weighted by molar-refractivity contribution is 5.72. The molecule has 0 aromatic heterocycles. The number of benzene rings is 2. The number of hydrogen-bond acceptors (Lipinski definition) is 4. The normalized spacial score (nSPS) is 15.2. The molecule has 3 rings (SSSR count). The van der Waals surface area contributed by atoms with E-state index in [0.29, 0.717) is 19.0 Å². The van der Waals surface area contributed by atoms with Crippen molar-refractivity contribution in [3.63, 3.8) is 0 Å². The fourth-order valence-electron chi connectivity index (χ4n) is 4.13. The van der Waals surface area contributed by atoms with Gasteiger partial charge in [0.2, 0.25) is 0 Å². The van der Waals surface area contributed by atoms with Gasteiger partial charge in [0.05, 0.1) is 7.11 Å². The number of rotatable bonds is 6. The van der Waals surface area contributed by atoms with E-state index in [1.165, 1.54) is 22.3 Å². The van der Waals surface area contributed by atoms with Gasteiger partial charge in [0.1, 0.15) is 11.4 Å². The number of hydrogen-bond donors (Lipinski definition) is 0. The first-order valence-electron chi connectivity index (χ1n) is 11.6. The van der Waals surface area contributed by atoms with Gasteiger partial charge in [-0.2, -0.15) is 0 Å². The number of amides is 1. The van der Waals surface area contributed by atoms with Gasteiger partial charge in [-0.25, -0.2) is 4.79 Å². The van der Waals surface area contributed by atoms with Crippen molar-refractivity contribution >= 4 is 6.09 Å². The Morgan fingerprint density at radius 2 is 1.66 bits per heavy atom. The third kappa shape index (κ3) is 6.49. The molecule has 0 atom stereocenters. The van der Waals surface area contributed by atoms with E-state index in [9.17, 15) is 4.79 Å². The van der Waals surface area contributed by atoms with E-state index in [2.05, 4.69) is 55.1 Å². The van der Waals surface area contributed by atoms with Gasteiger partial charge in [-0.1, -0.05) is 44.2 Å². The Kier molecular flexibility index (Phi) is 7.83. The molecule has 0 unspecified atom stereocenters. The number of nitrogens with zero attached hydrogens (tertiary/aromatic N) is 2. The third-order valence-corrected chi connectivity index (χ3v) is 5.67. The number of ether oxygens (including phenoxy) is 2. The predicted octanol–water partition coefficient (Wildman–Crippen LogP) is 5.61. The molecule has 1 heterocycles. The lowest BCUT2D eigenvalue weighted by atomic mass is 9.91. The second-order valence-electron chi connectivity index (χ2n) is 10.0. The van der Waals surface area contributed by atoms with Crippen LogP contribution < -0.4 is 4.74 Å². The summed E-state index contributed by atoms with van der Waals surface area (Å²) in [6, 6.07) is 15.1. The zero-order chi connectivity index (χ0) is 23.3. The Balaban J connectivity index is 1.77. The van der Waals surface area contributed by atoms with Gasteiger partial charge in [-0.05, 0) is 67.5 Å². The topological polar surface area (TPSA) is 42.0 Å². The van der Waals surface area contributed by atoms with Crippen LogP contribution in [0.1, 0.15) is 45.7 Å². The SMILES string of the molecule is COc1ccc(CN2CCN(C(=O)OC(C)(C)C)CC2)c(-c2ccccc2CC(C)C)c1. The van der Waals surface area contributed by atoms with Crippen molar-refractivity contribution in [1.82, 2.24) is 9.80 Å². The van der Waals surface area contributed by atoms with Crippen molar-refractivity contribution in [2.45, 2.75) is 53.2 Å². The van der Waals surface area contributed by atoms with Crippen LogP contribution in [0.5, 0.6) is 5.75 Å². The van der Waals surface area contributed by atoms with E-state index in [1.807, 2.05) is 31.7 Å². The first kappa shape index (κ1) is 24.1. The minimum atomic E-state index is -0.463. The molecule has 1 fully saturated rings. The molecule has 0 radical (unpaired) electrons. The molecular weight excluding hydrogens is 400 g/mol. The summed E-state index contributed by atoms with van der Waals surface area (Å²) in [7, 11) is 1.72. The summed E-state index contributed by atoms with van der Waals surface area (Å²) < 4.78 is 11.1. The van der Waals surface area contributed by atoms with Crippen LogP contribution >= 0.6 is 0 Å². The Bertz CT molecular complexity index is 909. The Hall–Kier alpha value is -2.53. The van der Waals surface area contributed by atoms with E-state index in [-0.39, 0.29) is 6.09 Å². The van der Waals surface area contributed by atoms with Crippen molar-refractivity contribution < 1.29 is 14.3 Å². The lowest BCUT2D eigenvalue weighted by Gasteiger charge is -2.36. The van der Waals surface area contributed by atoms with Crippen LogP contribution in [-0.2, 0) is 17.7 Å². The summed E-state index contributed by atoms with van der Waals surface area (Å²) in [5, 5.41) is 0. The van der Waals surface area contributed by atoms with Gasteiger partial charge < -0.3 is 14.4 Å². The first-order valence-corrected chi connectivity index (χ1v) is 11.6. The Labute approximate surface area is 193 Å². The highest BCUT2D eigenvalue weighted by Crippen LogP contribution is 2.33. The molecule has 174 valence electrons. The quantitative estimate of drug-likeness (QED) is 0.588. The van der Waals surface area contributed by atoms with Crippen LogP contribution in [0.3, 0.4) is 0 Å². The van der Waals surface area contributed by atoms with Crippen molar-refractivity contribution in [2.75, 3.05) is 33.3 Å². The lowest BCUT2D eigenvalue weighted by molar-refractivity contribution is 0.0139. The van der Waals surface area contributed by atoms with Gasteiger partial charge in [0.25, 0.3) is 0 Å². The highest BCUT2D eigenvalue weighted by atomic mass is 16.6. The Morgan fingerprint density at radius 1 is 0.969 bits per heavy atom. The molecule has 32 heavy (non-hydrogen) atoms. The summed E-state index contributed by atoms with van der Waals surface area (Å²) in [5.41, 5.74) is 4.70. The third-order valence-electron chi connectivity index (χ3n) is 5.67. The largest absolute Gasteiger partial charge is 0.497 e. The minimum Gasteiger partial charge on any atom is -0.497 e. The van der Waals surface area contributed by atoms with Crippen LogP contribution in [0.25, 0.3) is 11.1 Å². The average Bonchev–Trinajstić information content (AvgIpc) is 2.73. The van der Waals surface area contributed by atoms with E-state index in [0.717, 1.165) is 31.8 Å². The van der Waals surface area contributed by atoms with Crippen LogP contribution in [0.15, 0.2) is 42.5 Å². The zero-order valence-electron chi connectivity index (χ0n) is 20.5. The van der Waals surface area contributed by atoms with Crippen LogP contribution in [0.4, 0.5) is 4.79 Å². The van der Waals surface area contributed by atoms with Crippen LogP contribution in [0.2, 0.25) is 0 Å². The van der Waals surface area contributed by atoms with E-state index in [4.69, 9.17) is 9.47 Å². The van der Waals surface area contributed by atoms with Gasteiger partial charge in [-0.3, -0.25) is 4.90 Å². The fourth-order valence-corrected chi connectivity index (χ4v) is 4.13. The Morgan fingerprint density at radius 3 is 2.28 bits per heavy atom. The molecule has 5 heteroatoms. The predicted molar refractivity (Wildman–Crippen MR) is 130 cm³/mol. The standard InChI is InChI=1S/C27H38N2O3/c1-20(2)17-21-9-7-8-10-24(21)25-18-23(31-6)12-11-22(25)19-28-13-15-29(16-14-28)26(30)32-27(3,4)5/h7-12,18,20H,13-17,19H2,1-6H3. The second-order valence-corrected chi connectivity index (χ2v) is 10.0. The molecule has 0 spiro atoms. The first-order chi connectivity index (χ1) is 15.2. The van der Waals surface area contributed by atoms with Crippen LogP contribution in [-0.4, -0.2) is 54.8 Å². The van der Waals surface area contributed by atoms with Crippen LogP contribution in [0, 0.1) is 5.92 Å². The van der Waals surface area contributed by atoms with E-state index >= 15 is 0 Å². The number of piperazine rings is 1. The molecule has 0 N–H and O–H groups in total. The number of carbonyl (C=O) groups excluding carboxylic acids is 1. The summed E-state index contributed by atoms with van der Waals surface area (Å²) >= 11 is 0.